The van der Waals surface area contributed by atoms with E-state index >= 15 is 0 Å². The van der Waals surface area contributed by atoms with Crippen molar-refractivity contribution >= 4 is 29.3 Å². The average molecular weight is 299 g/mol. The van der Waals surface area contributed by atoms with Gasteiger partial charge in [-0.25, -0.2) is 0 Å². The first-order chi connectivity index (χ1) is 9.15. The maximum atomic E-state index is 12.0. The van der Waals surface area contributed by atoms with Gasteiger partial charge >= 0.3 is 0 Å². The standard InChI is InChI=1S/C14H19ClN2OS/c1-10(19-13-6-4-11(15)5-7-13)14(18)17-9-12-3-2-8-16-12/h4-7,10,12,16H,2-3,8-9H2,1H3,(H,17,18). The van der Waals surface area contributed by atoms with E-state index in [9.17, 15) is 4.79 Å². The number of carbonyl (C=O) groups is 1. The molecule has 0 bridgehead atoms. The number of amides is 1. The monoisotopic (exact) mass is 298 g/mol. The van der Waals surface area contributed by atoms with Crippen LogP contribution in [0.2, 0.25) is 5.02 Å². The Morgan fingerprint density at radius 2 is 2.26 bits per heavy atom. The molecule has 19 heavy (non-hydrogen) atoms. The number of nitrogens with one attached hydrogen (secondary N) is 2. The summed E-state index contributed by atoms with van der Waals surface area (Å²) in [5.74, 6) is 0.0913. The normalized spacial score (nSPS) is 20.2. The molecule has 2 unspecified atom stereocenters. The summed E-state index contributed by atoms with van der Waals surface area (Å²) in [6.07, 6.45) is 2.36. The fraction of sp³-hybridized carbons (Fsp3) is 0.500. The maximum absolute atomic E-state index is 12.0. The van der Waals surface area contributed by atoms with E-state index < -0.39 is 0 Å². The molecule has 2 atom stereocenters. The lowest BCUT2D eigenvalue weighted by Crippen LogP contribution is -2.40. The zero-order chi connectivity index (χ0) is 13.7. The van der Waals surface area contributed by atoms with Gasteiger partial charge in [0, 0.05) is 22.5 Å². The molecule has 0 radical (unpaired) electrons. The van der Waals surface area contributed by atoms with Crippen molar-refractivity contribution in [3.63, 3.8) is 0 Å². The van der Waals surface area contributed by atoms with E-state index in [2.05, 4.69) is 10.6 Å². The van der Waals surface area contributed by atoms with Gasteiger partial charge in [0.1, 0.15) is 0 Å². The molecule has 1 heterocycles. The molecule has 0 aliphatic carbocycles. The minimum Gasteiger partial charge on any atom is -0.354 e. The number of hydrogen-bond donors (Lipinski definition) is 2. The highest BCUT2D eigenvalue weighted by molar-refractivity contribution is 8.00. The van der Waals surface area contributed by atoms with Crippen LogP contribution in [0, 0.1) is 0 Å². The molecule has 1 fully saturated rings. The lowest BCUT2D eigenvalue weighted by atomic mass is 10.2. The Kier molecular flexibility index (Phi) is 5.55. The van der Waals surface area contributed by atoms with Gasteiger partial charge in [0.25, 0.3) is 0 Å². The summed E-state index contributed by atoms with van der Waals surface area (Å²) < 4.78 is 0. The summed E-state index contributed by atoms with van der Waals surface area (Å²) in [5, 5.41) is 7.00. The molecule has 0 spiro atoms. The third-order valence-electron chi connectivity index (χ3n) is 3.18. The second-order valence-corrected chi connectivity index (χ2v) is 6.60. The van der Waals surface area contributed by atoms with Crippen molar-refractivity contribution in [1.82, 2.24) is 10.6 Å². The van der Waals surface area contributed by atoms with E-state index in [0.29, 0.717) is 11.1 Å². The van der Waals surface area contributed by atoms with E-state index in [4.69, 9.17) is 11.6 Å². The lowest BCUT2D eigenvalue weighted by molar-refractivity contribution is -0.120. The quantitative estimate of drug-likeness (QED) is 0.821. The fourth-order valence-electron chi connectivity index (χ4n) is 2.07. The number of carbonyl (C=O) groups excluding carboxylic acids is 1. The zero-order valence-corrected chi connectivity index (χ0v) is 12.6. The molecule has 104 valence electrons. The summed E-state index contributed by atoms with van der Waals surface area (Å²) in [6.45, 7) is 3.72. The summed E-state index contributed by atoms with van der Waals surface area (Å²) in [6, 6.07) is 8.01. The Balaban J connectivity index is 1.76. The molecule has 5 heteroatoms. The van der Waals surface area contributed by atoms with E-state index in [-0.39, 0.29) is 11.2 Å². The molecule has 1 aromatic rings. The first kappa shape index (κ1) is 14.7. The van der Waals surface area contributed by atoms with Gasteiger partial charge in [0.2, 0.25) is 5.91 Å². The molecule has 1 amide bonds. The Labute approximate surface area is 123 Å². The number of halogens is 1. The first-order valence-electron chi connectivity index (χ1n) is 6.58. The minimum atomic E-state index is -0.0948. The Bertz CT molecular complexity index is 418. The highest BCUT2D eigenvalue weighted by Crippen LogP contribution is 2.24. The van der Waals surface area contributed by atoms with Crippen LogP contribution in [0.5, 0.6) is 0 Å². The molecule has 0 aromatic heterocycles. The van der Waals surface area contributed by atoms with Crippen LogP contribution in [-0.4, -0.2) is 30.3 Å². The summed E-state index contributed by atoms with van der Waals surface area (Å²) >= 11 is 7.39. The molecule has 1 aliphatic heterocycles. The van der Waals surface area contributed by atoms with E-state index in [1.54, 1.807) is 11.8 Å². The molecule has 3 nitrogen and oxygen atoms in total. The van der Waals surface area contributed by atoms with Crippen molar-refractivity contribution in [3.8, 4) is 0 Å². The number of hydrogen-bond acceptors (Lipinski definition) is 3. The van der Waals surface area contributed by atoms with Crippen molar-refractivity contribution in [2.75, 3.05) is 13.1 Å². The predicted molar refractivity (Wildman–Crippen MR) is 80.8 cm³/mol. The Morgan fingerprint density at radius 3 is 2.89 bits per heavy atom. The number of thioether (sulfide) groups is 1. The van der Waals surface area contributed by atoms with Crippen molar-refractivity contribution in [2.45, 2.75) is 36.0 Å². The Hall–Kier alpha value is -0.710. The van der Waals surface area contributed by atoms with Crippen LogP contribution in [0.4, 0.5) is 0 Å². The van der Waals surface area contributed by atoms with E-state index in [1.165, 1.54) is 6.42 Å². The molecule has 2 N–H and O–H groups in total. The van der Waals surface area contributed by atoms with Gasteiger partial charge in [-0.2, -0.15) is 0 Å². The summed E-state index contributed by atoms with van der Waals surface area (Å²) in [5.41, 5.74) is 0. The van der Waals surface area contributed by atoms with Crippen molar-refractivity contribution in [1.29, 1.82) is 0 Å². The zero-order valence-electron chi connectivity index (χ0n) is 11.0. The maximum Gasteiger partial charge on any atom is 0.233 e. The first-order valence-corrected chi connectivity index (χ1v) is 7.84. The predicted octanol–water partition coefficient (Wildman–Crippen LogP) is 2.69. The van der Waals surface area contributed by atoms with Gasteiger partial charge in [0.15, 0.2) is 0 Å². The van der Waals surface area contributed by atoms with Crippen LogP contribution < -0.4 is 10.6 Å². The molecule has 1 aliphatic rings. The third-order valence-corrected chi connectivity index (χ3v) is 4.54. The SMILES string of the molecule is CC(Sc1ccc(Cl)cc1)C(=O)NCC1CCCN1. The van der Waals surface area contributed by atoms with Gasteiger partial charge in [0.05, 0.1) is 5.25 Å². The molecule has 0 saturated carbocycles. The van der Waals surface area contributed by atoms with Crippen LogP contribution in [-0.2, 0) is 4.79 Å². The number of benzene rings is 1. The van der Waals surface area contributed by atoms with Gasteiger partial charge < -0.3 is 10.6 Å². The van der Waals surface area contributed by atoms with E-state index in [1.807, 2.05) is 31.2 Å². The average Bonchev–Trinajstić information content (AvgIpc) is 2.91. The van der Waals surface area contributed by atoms with Crippen LogP contribution in [0.1, 0.15) is 19.8 Å². The minimum absolute atomic E-state index is 0.0913. The topological polar surface area (TPSA) is 41.1 Å². The summed E-state index contributed by atoms with van der Waals surface area (Å²) in [4.78, 5) is 13.0. The second-order valence-electron chi connectivity index (χ2n) is 4.75. The second kappa shape index (κ2) is 7.17. The molecular weight excluding hydrogens is 280 g/mol. The fourth-order valence-corrected chi connectivity index (χ4v) is 3.09. The Morgan fingerprint density at radius 1 is 1.53 bits per heavy atom. The van der Waals surface area contributed by atoms with Crippen LogP contribution >= 0.6 is 23.4 Å². The van der Waals surface area contributed by atoms with Crippen LogP contribution in [0.25, 0.3) is 0 Å². The highest BCUT2D eigenvalue weighted by atomic mass is 35.5. The smallest absolute Gasteiger partial charge is 0.233 e. The van der Waals surface area contributed by atoms with Crippen LogP contribution in [0.3, 0.4) is 0 Å². The van der Waals surface area contributed by atoms with Gasteiger partial charge in [-0.05, 0) is 50.6 Å². The largest absolute Gasteiger partial charge is 0.354 e. The lowest BCUT2D eigenvalue weighted by Gasteiger charge is -2.15. The van der Waals surface area contributed by atoms with Gasteiger partial charge in [-0.15, -0.1) is 11.8 Å². The summed E-state index contributed by atoms with van der Waals surface area (Å²) in [7, 11) is 0. The molecule has 2 rings (SSSR count). The van der Waals surface area contributed by atoms with Crippen molar-refractivity contribution in [2.24, 2.45) is 0 Å². The molecule has 1 saturated heterocycles. The molecule has 1 aromatic carbocycles. The van der Waals surface area contributed by atoms with Gasteiger partial charge in [-0.1, -0.05) is 11.6 Å². The third kappa shape index (κ3) is 4.71. The van der Waals surface area contributed by atoms with Gasteiger partial charge in [-0.3, -0.25) is 4.79 Å². The molecular formula is C14H19ClN2OS. The van der Waals surface area contributed by atoms with Crippen molar-refractivity contribution in [3.05, 3.63) is 29.3 Å². The van der Waals surface area contributed by atoms with E-state index in [0.717, 1.165) is 24.4 Å². The number of rotatable bonds is 5. The highest BCUT2D eigenvalue weighted by Gasteiger charge is 2.18. The van der Waals surface area contributed by atoms with Crippen LogP contribution in [0.15, 0.2) is 29.2 Å². The van der Waals surface area contributed by atoms with Crippen molar-refractivity contribution < 1.29 is 4.79 Å².